The Bertz CT molecular complexity index is 319. The van der Waals surface area contributed by atoms with Crippen molar-refractivity contribution in [2.45, 2.75) is 29.4 Å². The highest BCUT2D eigenvalue weighted by Gasteiger charge is 2.45. The molecule has 14 heavy (non-hydrogen) atoms. The van der Waals surface area contributed by atoms with Crippen LogP contribution in [0.2, 0.25) is 0 Å². The zero-order chi connectivity index (χ0) is 10.2. The van der Waals surface area contributed by atoms with Crippen LogP contribution in [-0.2, 0) is 0 Å². The Hall–Kier alpha value is -0.510. The van der Waals surface area contributed by atoms with Crippen molar-refractivity contribution in [1.29, 1.82) is 0 Å². The van der Waals surface area contributed by atoms with Crippen LogP contribution in [0.25, 0.3) is 0 Å². The number of benzene rings is 1. The Morgan fingerprint density at radius 1 is 1.36 bits per heavy atom. The molecule has 3 heteroatoms. The summed E-state index contributed by atoms with van der Waals surface area (Å²) in [6.07, 6.45) is 3.39. The minimum Gasteiger partial charge on any atom is -0.386 e. The maximum Gasteiger partial charge on any atom is 0.0969 e. The van der Waals surface area contributed by atoms with E-state index in [1.54, 1.807) is 11.8 Å². The lowest BCUT2D eigenvalue weighted by Crippen LogP contribution is -2.30. The van der Waals surface area contributed by atoms with Crippen molar-refractivity contribution in [2.75, 3.05) is 6.26 Å². The molecule has 0 aromatic heterocycles. The van der Waals surface area contributed by atoms with Crippen molar-refractivity contribution in [3.05, 3.63) is 29.8 Å². The third kappa shape index (κ3) is 1.80. The lowest BCUT2D eigenvalue weighted by molar-refractivity contribution is 0.136. The molecule has 1 aromatic carbocycles. The van der Waals surface area contributed by atoms with Gasteiger partial charge in [-0.3, -0.25) is 0 Å². The third-order valence-corrected chi connectivity index (χ3v) is 3.55. The molecule has 1 saturated carbocycles. The molecule has 3 N–H and O–H groups in total. The molecule has 0 aliphatic heterocycles. The van der Waals surface area contributed by atoms with Gasteiger partial charge in [0, 0.05) is 10.4 Å². The quantitative estimate of drug-likeness (QED) is 0.748. The molecule has 2 rings (SSSR count). The zero-order valence-electron chi connectivity index (χ0n) is 8.23. The molecule has 0 bridgehead atoms. The van der Waals surface area contributed by atoms with Crippen LogP contribution in [0.1, 0.15) is 24.5 Å². The molecule has 1 aliphatic carbocycles. The predicted octanol–water partition coefficient (Wildman–Crippen LogP) is 1.93. The number of aliphatic hydroxyl groups is 1. The monoisotopic (exact) mass is 209 g/mol. The summed E-state index contributed by atoms with van der Waals surface area (Å²) in [5.41, 5.74) is 6.52. The number of hydrogen-bond acceptors (Lipinski definition) is 3. The largest absolute Gasteiger partial charge is 0.386 e. The minimum absolute atomic E-state index is 0.346. The van der Waals surface area contributed by atoms with Crippen molar-refractivity contribution >= 4 is 11.8 Å². The minimum atomic E-state index is -0.501. The first-order valence-corrected chi connectivity index (χ1v) is 5.99. The Morgan fingerprint density at radius 2 is 1.93 bits per heavy atom. The fourth-order valence-electron chi connectivity index (χ4n) is 1.54. The van der Waals surface area contributed by atoms with E-state index in [1.807, 2.05) is 30.5 Å². The summed E-state index contributed by atoms with van der Waals surface area (Å²) >= 11 is 1.70. The van der Waals surface area contributed by atoms with Gasteiger partial charge < -0.3 is 10.8 Å². The highest BCUT2D eigenvalue weighted by molar-refractivity contribution is 7.98. The summed E-state index contributed by atoms with van der Waals surface area (Å²) in [6, 6.07) is 7.97. The second-order valence-corrected chi connectivity index (χ2v) is 4.79. The van der Waals surface area contributed by atoms with E-state index < -0.39 is 6.10 Å². The SMILES string of the molecule is CSc1ccc(C(O)C2(N)CC2)cc1. The lowest BCUT2D eigenvalue weighted by Gasteiger charge is -2.17. The van der Waals surface area contributed by atoms with Crippen molar-refractivity contribution < 1.29 is 5.11 Å². The van der Waals surface area contributed by atoms with E-state index in [0.29, 0.717) is 0 Å². The number of aliphatic hydroxyl groups excluding tert-OH is 1. The van der Waals surface area contributed by atoms with Gasteiger partial charge in [0.25, 0.3) is 0 Å². The molecule has 1 fully saturated rings. The van der Waals surface area contributed by atoms with Gasteiger partial charge in [-0.1, -0.05) is 12.1 Å². The number of hydrogen-bond donors (Lipinski definition) is 2. The third-order valence-electron chi connectivity index (χ3n) is 2.80. The van der Waals surface area contributed by atoms with Crippen LogP contribution in [0.15, 0.2) is 29.2 Å². The summed E-state index contributed by atoms with van der Waals surface area (Å²) in [6.45, 7) is 0. The molecule has 1 aromatic rings. The average molecular weight is 209 g/mol. The van der Waals surface area contributed by atoms with E-state index in [4.69, 9.17) is 5.73 Å². The molecule has 1 atom stereocenters. The fraction of sp³-hybridized carbons (Fsp3) is 0.455. The molecule has 0 amide bonds. The summed E-state index contributed by atoms with van der Waals surface area (Å²) < 4.78 is 0. The van der Waals surface area contributed by atoms with Crippen molar-refractivity contribution in [1.82, 2.24) is 0 Å². The van der Waals surface area contributed by atoms with Crippen LogP contribution < -0.4 is 5.73 Å². The summed E-state index contributed by atoms with van der Waals surface area (Å²) in [5.74, 6) is 0. The van der Waals surface area contributed by atoms with Gasteiger partial charge in [0.05, 0.1) is 6.10 Å². The Morgan fingerprint density at radius 3 is 2.36 bits per heavy atom. The van der Waals surface area contributed by atoms with Crippen LogP contribution in [0, 0.1) is 0 Å². The molecule has 76 valence electrons. The number of thioether (sulfide) groups is 1. The molecule has 0 radical (unpaired) electrons. The van der Waals surface area contributed by atoms with Gasteiger partial charge in [-0.25, -0.2) is 0 Å². The van der Waals surface area contributed by atoms with Crippen molar-refractivity contribution in [3.8, 4) is 0 Å². The molecule has 1 unspecified atom stereocenters. The van der Waals surface area contributed by atoms with Gasteiger partial charge in [-0.15, -0.1) is 11.8 Å². The van der Waals surface area contributed by atoms with E-state index in [1.165, 1.54) is 4.90 Å². The fourth-order valence-corrected chi connectivity index (χ4v) is 1.94. The van der Waals surface area contributed by atoms with Crippen LogP contribution in [-0.4, -0.2) is 16.9 Å². The maximum atomic E-state index is 9.95. The summed E-state index contributed by atoms with van der Waals surface area (Å²) in [5, 5.41) is 9.95. The van der Waals surface area contributed by atoms with E-state index in [2.05, 4.69) is 0 Å². The summed E-state index contributed by atoms with van der Waals surface area (Å²) in [4.78, 5) is 1.21. The molecule has 0 heterocycles. The van der Waals surface area contributed by atoms with E-state index >= 15 is 0 Å². The van der Waals surface area contributed by atoms with Gasteiger partial charge in [-0.2, -0.15) is 0 Å². The maximum absolute atomic E-state index is 9.95. The molecule has 0 saturated heterocycles. The van der Waals surface area contributed by atoms with Crippen LogP contribution in [0.5, 0.6) is 0 Å². The molecule has 0 spiro atoms. The first-order valence-electron chi connectivity index (χ1n) is 4.77. The first-order chi connectivity index (χ1) is 6.65. The highest BCUT2D eigenvalue weighted by atomic mass is 32.2. The number of rotatable bonds is 3. The Labute approximate surface area is 88.5 Å². The molecule has 1 aliphatic rings. The van der Waals surface area contributed by atoms with Crippen molar-refractivity contribution in [2.24, 2.45) is 5.73 Å². The molecular weight excluding hydrogens is 194 g/mol. The lowest BCUT2D eigenvalue weighted by atomic mass is 10.0. The Kier molecular flexibility index (Phi) is 2.56. The Balaban J connectivity index is 2.16. The van der Waals surface area contributed by atoms with E-state index in [0.717, 1.165) is 18.4 Å². The number of nitrogens with two attached hydrogens (primary N) is 1. The van der Waals surface area contributed by atoms with E-state index in [-0.39, 0.29) is 5.54 Å². The smallest absolute Gasteiger partial charge is 0.0969 e. The first kappa shape index (κ1) is 10.0. The average Bonchev–Trinajstić information content (AvgIpc) is 2.97. The van der Waals surface area contributed by atoms with E-state index in [9.17, 15) is 5.11 Å². The van der Waals surface area contributed by atoms with Crippen LogP contribution in [0.3, 0.4) is 0 Å². The van der Waals surface area contributed by atoms with Gasteiger partial charge in [0.1, 0.15) is 0 Å². The van der Waals surface area contributed by atoms with Gasteiger partial charge in [0.15, 0.2) is 0 Å². The second-order valence-electron chi connectivity index (χ2n) is 3.91. The van der Waals surface area contributed by atoms with Gasteiger partial charge in [0.2, 0.25) is 0 Å². The standard InChI is InChI=1S/C11H15NOS/c1-14-9-4-2-8(3-5-9)10(13)11(12)6-7-11/h2-5,10,13H,6-7,12H2,1H3. The molecule has 2 nitrogen and oxygen atoms in total. The van der Waals surface area contributed by atoms with Crippen LogP contribution >= 0.6 is 11.8 Å². The predicted molar refractivity (Wildman–Crippen MR) is 59.3 cm³/mol. The topological polar surface area (TPSA) is 46.2 Å². The van der Waals surface area contributed by atoms with Crippen LogP contribution in [0.4, 0.5) is 0 Å². The van der Waals surface area contributed by atoms with Crippen molar-refractivity contribution in [3.63, 3.8) is 0 Å². The highest BCUT2D eigenvalue weighted by Crippen LogP contribution is 2.43. The molecular formula is C11H15NOS. The zero-order valence-corrected chi connectivity index (χ0v) is 9.05. The normalized spacial score (nSPS) is 20.5. The van der Waals surface area contributed by atoms with Gasteiger partial charge >= 0.3 is 0 Å². The second kappa shape index (κ2) is 3.57. The summed E-state index contributed by atoms with van der Waals surface area (Å²) in [7, 11) is 0. The van der Waals surface area contributed by atoms with Gasteiger partial charge in [-0.05, 0) is 36.8 Å².